The van der Waals surface area contributed by atoms with E-state index in [1.807, 2.05) is 11.9 Å². The maximum Gasteiger partial charge on any atom is 0.264 e. The Bertz CT molecular complexity index is 511. The molecule has 1 aliphatic carbocycles. The lowest BCUT2D eigenvalue weighted by Gasteiger charge is -2.38. The van der Waals surface area contributed by atoms with Crippen LogP contribution in [0.1, 0.15) is 52.9 Å². The molecule has 5 atom stereocenters. The Morgan fingerprint density at radius 3 is 2.73 bits per heavy atom. The molecule has 126 valence electrons. The van der Waals surface area contributed by atoms with Gasteiger partial charge in [0.25, 0.3) is 5.50 Å². The largest absolute Gasteiger partial charge is 0.591 e. The number of hydrogen-bond acceptors (Lipinski definition) is 6. The smallest absolute Gasteiger partial charge is 0.264 e. The zero-order chi connectivity index (χ0) is 15.9. The molecule has 2 aliphatic heterocycles. The standard InChI is InChI=1S/C14H27N5O2S/c1-9-6-4-5-7-12(9)18-22(20,21)14-16-13-15-10(2)8-11(3)19(13)17-14/h10-11,13-17H,4-8H2,1-3H3,(H-,18,20,21). The van der Waals surface area contributed by atoms with Gasteiger partial charge in [0, 0.05) is 12.1 Å². The molecule has 2 fully saturated rings. The SMILES string of the molecule is CC1=C(N[S+](=O)([O-])C2NC3NC(C)CC(C)N3N2)CCCC1. The number of allylic oxidation sites excluding steroid dienone is 2. The van der Waals surface area contributed by atoms with Crippen LogP contribution in [0.15, 0.2) is 11.3 Å². The van der Waals surface area contributed by atoms with Crippen molar-refractivity contribution < 1.29 is 8.76 Å². The fraction of sp³-hybridized carbons (Fsp3) is 0.857. The van der Waals surface area contributed by atoms with Crippen molar-refractivity contribution in [2.75, 3.05) is 0 Å². The summed E-state index contributed by atoms with van der Waals surface area (Å²) in [5.41, 5.74) is 4.32. The maximum absolute atomic E-state index is 12.7. The quantitative estimate of drug-likeness (QED) is 0.570. The second-order valence-electron chi connectivity index (χ2n) is 6.75. The maximum atomic E-state index is 12.7. The molecule has 2 heterocycles. The van der Waals surface area contributed by atoms with E-state index in [0.717, 1.165) is 43.4 Å². The van der Waals surface area contributed by atoms with Crippen LogP contribution in [-0.4, -0.2) is 33.4 Å². The van der Waals surface area contributed by atoms with Crippen LogP contribution < -0.4 is 20.8 Å². The van der Waals surface area contributed by atoms with Gasteiger partial charge in [-0.3, -0.25) is 5.32 Å². The molecular formula is C14H27N5O2S. The number of sulfonamides is 1. The third-order valence-electron chi connectivity index (χ3n) is 4.79. The highest BCUT2D eigenvalue weighted by Gasteiger charge is 2.46. The molecule has 0 aromatic carbocycles. The van der Waals surface area contributed by atoms with Crippen LogP contribution in [0.4, 0.5) is 0 Å². The molecule has 3 rings (SSSR count). The van der Waals surface area contributed by atoms with E-state index in [1.165, 1.54) is 0 Å². The summed E-state index contributed by atoms with van der Waals surface area (Å²) in [6.45, 7) is 6.24. The summed E-state index contributed by atoms with van der Waals surface area (Å²) in [4.78, 5) is 0. The number of hydrogen-bond donors (Lipinski definition) is 4. The van der Waals surface area contributed by atoms with Crippen LogP contribution >= 0.6 is 0 Å². The van der Waals surface area contributed by atoms with Gasteiger partial charge in [0.15, 0.2) is 10.4 Å². The van der Waals surface area contributed by atoms with E-state index in [9.17, 15) is 8.76 Å². The topological polar surface area (TPSA) is 91.5 Å². The Hall–Kier alpha value is -0.510. The van der Waals surface area contributed by atoms with Crippen molar-refractivity contribution in [2.45, 2.75) is 76.7 Å². The summed E-state index contributed by atoms with van der Waals surface area (Å²) >= 11 is 0. The van der Waals surface area contributed by atoms with Gasteiger partial charge in [-0.2, -0.15) is 5.43 Å². The lowest BCUT2D eigenvalue weighted by Crippen LogP contribution is -2.61. The van der Waals surface area contributed by atoms with E-state index >= 15 is 0 Å². The normalized spacial score (nSPS) is 39.5. The molecule has 7 nitrogen and oxygen atoms in total. The average Bonchev–Trinajstić information content (AvgIpc) is 2.86. The summed E-state index contributed by atoms with van der Waals surface area (Å²) < 4.78 is 28.1. The third-order valence-corrected chi connectivity index (χ3v) is 6.18. The predicted octanol–water partition coefficient (Wildman–Crippen LogP) is 0.716. The summed E-state index contributed by atoms with van der Waals surface area (Å²) in [7, 11) is -3.50. The van der Waals surface area contributed by atoms with Gasteiger partial charge in [-0.1, -0.05) is 4.21 Å². The Labute approximate surface area is 133 Å². The van der Waals surface area contributed by atoms with Gasteiger partial charge < -0.3 is 4.55 Å². The Kier molecular flexibility index (Phi) is 4.59. The first-order chi connectivity index (χ1) is 10.4. The van der Waals surface area contributed by atoms with E-state index in [2.05, 4.69) is 34.6 Å². The number of hydrazine groups is 1. The molecule has 0 aromatic heterocycles. The highest BCUT2D eigenvalue weighted by molar-refractivity contribution is 7.96. The zero-order valence-corrected chi connectivity index (χ0v) is 14.3. The number of rotatable bonds is 3. The van der Waals surface area contributed by atoms with Crippen LogP contribution in [0, 0.1) is 0 Å². The molecule has 5 unspecified atom stereocenters. The lowest BCUT2D eigenvalue weighted by molar-refractivity contribution is 0.0471. The van der Waals surface area contributed by atoms with Gasteiger partial charge in [-0.15, -0.1) is 0 Å². The number of nitrogens with one attached hydrogen (secondary N) is 4. The first kappa shape index (κ1) is 16.4. The minimum absolute atomic E-state index is 0.151. The van der Waals surface area contributed by atoms with Crippen LogP contribution in [-0.2, 0) is 14.6 Å². The fourth-order valence-corrected chi connectivity index (χ4v) is 4.83. The molecule has 22 heavy (non-hydrogen) atoms. The van der Waals surface area contributed by atoms with Crippen LogP contribution in [0.2, 0.25) is 0 Å². The molecule has 8 heteroatoms. The number of fused-ring (bicyclic) bond motifs is 1. The third kappa shape index (κ3) is 3.22. The molecule has 0 amide bonds. The molecule has 0 spiro atoms. The van der Waals surface area contributed by atoms with Gasteiger partial charge >= 0.3 is 0 Å². The monoisotopic (exact) mass is 329 g/mol. The molecule has 2 saturated heterocycles. The minimum Gasteiger partial charge on any atom is -0.591 e. The van der Waals surface area contributed by atoms with Crippen LogP contribution in [0.25, 0.3) is 0 Å². The van der Waals surface area contributed by atoms with Gasteiger partial charge in [-0.05, 0) is 58.4 Å². The summed E-state index contributed by atoms with van der Waals surface area (Å²) in [6, 6.07) is 0.646. The van der Waals surface area contributed by atoms with Crippen molar-refractivity contribution in [1.82, 2.24) is 25.8 Å². The van der Waals surface area contributed by atoms with Crippen LogP contribution in [0.5, 0.6) is 0 Å². The van der Waals surface area contributed by atoms with Gasteiger partial charge in [0.1, 0.15) is 6.29 Å². The highest BCUT2D eigenvalue weighted by atomic mass is 32.3. The van der Waals surface area contributed by atoms with E-state index in [4.69, 9.17) is 0 Å². The first-order valence-electron chi connectivity index (χ1n) is 8.13. The van der Waals surface area contributed by atoms with Crippen LogP contribution in [0.3, 0.4) is 0 Å². The molecule has 4 N–H and O–H groups in total. The summed E-state index contributed by atoms with van der Waals surface area (Å²) in [5.74, 6) is 0. The van der Waals surface area contributed by atoms with Gasteiger partial charge in [0.2, 0.25) is 0 Å². The predicted molar refractivity (Wildman–Crippen MR) is 85.5 cm³/mol. The molecule has 0 saturated carbocycles. The second kappa shape index (κ2) is 6.18. The van der Waals surface area contributed by atoms with Crippen molar-refractivity contribution in [3.05, 3.63) is 11.3 Å². The Morgan fingerprint density at radius 2 is 2.00 bits per heavy atom. The molecular weight excluding hydrogens is 302 g/mol. The summed E-state index contributed by atoms with van der Waals surface area (Å²) in [5, 5.41) is 8.46. The van der Waals surface area contributed by atoms with Crippen molar-refractivity contribution in [3.63, 3.8) is 0 Å². The Balaban J connectivity index is 1.70. The fourth-order valence-electron chi connectivity index (χ4n) is 3.53. The Morgan fingerprint density at radius 1 is 1.27 bits per heavy atom. The van der Waals surface area contributed by atoms with E-state index in [1.54, 1.807) is 0 Å². The first-order valence-corrected chi connectivity index (χ1v) is 9.68. The highest BCUT2D eigenvalue weighted by Crippen LogP contribution is 2.25. The van der Waals surface area contributed by atoms with E-state index in [0.29, 0.717) is 6.04 Å². The van der Waals surface area contributed by atoms with Gasteiger partial charge in [-0.25, -0.2) is 15.0 Å². The van der Waals surface area contributed by atoms with Crippen molar-refractivity contribution >= 4 is 10.4 Å². The second-order valence-corrected chi connectivity index (χ2v) is 8.52. The van der Waals surface area contributed by atoms with E-state index < -0.39 is 15.9 Å². The minimum atomic E-state index is -3.50. The molecule has 0 bridgehead atoms. The van der Waals surface area contributed by atoms with Crippen molar-refractivity contribution in [3.8, 4) is 0 Å². The van der Waals surface area contributed by atoms with Crippen molar-refractivity contribution in [1.29, 1.82) is 0 Å². The average molecular weight is 329 g/mol. The molecule has 0 radical (unpaired) electrons. The molecule has 0 aromatic rings. The van der Waals surface area contributed by atoms with E-state index in [-0.39, 0.29) is 12.3 Å². The lowest BCUT2D eigenvalue weighted by atomic mass is 9.98. The van der Waals surface area contributed by atoms with Crippen molar-refractivity contribution in [2.24, 2.45) is 0 Å². The number of nitrogens with zero attached hydrogens (tertiary/aromatic N) is 1. The molecule has 3 aliphatic rings. The van der Waals surface area contributed by atoms with Gasteiger partial charge in [0.05, 0.1) is 5.70 Å². The zero-order valence-electron chi connectivity index (χ0n) is 13.5. The summed E-state index contributed by atoms with van der Waals surface area (Å²) in [6.07, 6.45) is 4.82.